The Balaban J connectivity index is 1.39. The van der Waals surface area contributed by atoms with Crippen molar-refractivity contribution in [2.24, 2.45) is 0 Å². The lowest BCUT2D eigenvalue weighted by molar-refractivity contribution is -0.156. The Kier molecular flexibility index (Phi) is 10.1. The van der Waals surface area contributed by atoms with Gasteiger partial charge in [-0.25, -0.2) is 4.79 Å². The van der Waals surface area contributed by atoms with E-state index in [-0.39, 0.29) is 17.8 Å². The molecule has 35 heavy (non-hydrogen) atoms. The molecule has 1 aliphatic heterocycles. The van der Waals surface area contributed by atoms with Gasteiger partial charge in [-0.1, -0.05) is 29.3 Å². The molecule has 0 aliphatic carbocycles. The molecular weight excluding hydrogens is 511 g/mol. The highest BCUT2D eigenvalue weighted by atomic mass is 35.5. The van der Waals surface area contributed by atoms with Gasteiger partial charge in [0.15, 0.2) is 5.60 Å². The van der Waals surface area contributed by atoms with Crippen LogP contribution in [0.25, 0.3) is 0 Å². The maximum atomic E-state index is 12.4. The first-order chi connectivity index (χ1) is 16.7. The van der Waals surface area contributed by atoms with Gasteiger partial charge in [-0.15, -0.1) is 11.8 Å². The van der Waals surface area contributed by atoms with Gasteiger partial charge in [-0.3, -0.25) is 9.69 Å². The van der Waals surface area contributed by atoms with Crippen LogP contribution in [-0.4, -0.2) is 67.6 Å². The van der Waals surface area contributed by atoms with Crippen LogP contribution < -0.4 is 10.1 Å². The average molecular weight is 541 g/mol. The second kappa shape index (κ2) is 12.8. The lowest BCUT2D eigenvalue weighted by Crippen LogP contribution is -2.47. The lowest BCUT2D eigenvalue weighted by Gasteiger charge is -2.33. The van der Waals surface area contributed by atoms with E-state index < -0.39 is 11.6 Å². The van der Waals surface area contributed by atoms with E-state index in [0.717, 1.165) is 30.1 Å². The number of hydrogen-bond donors (Lipinski definition) is 1. The maximum Gasteiger partial charge on any atom is 0.349 e. The summed E-state index contributed by atoms with van der Waals surface area (Å²) in [7, 11) is 1.33. The number of halogens is 2. The third-order valence-electron chi connectivity index (χ3n) is 5.38. The number of thioether (sulfide) groups is 1. The number of esters is 1. The van der Waals surface area contributed by atoms with Gasteiger partial charge in [0, 0.05) is 31.1 Å². The molecule has 2 aromatic rings. The van der Waals surface area contributed by atoms with Crippen LogP contribution in [0.2, 0.25) is 10.0 Å². The van der Waals surface area contributed by atoms with Crippen molar-refractivity contribution in [2.75, 3.05) is 39.1 Å². The molecule has 10 heteroatoms. The topological polar surface area (TPSA) is 77.1 Å². The van der Waals surface area contributed by atoms with E-state index in [4.69, 9.17) is 37.4 Å². The van der Waals surface area contributed by atoms with E-state index >= 15 is 0 Å². The fraction of sp³-hybridized carbons (Fsp3) is 0.440. The Morgan fingerprint density at radius 2 is 1.91 bits per heavy atom. The molecular formula is C25H30Cl2N2O5S. The summed E-state index contributed by atoms with van der Waals surface area (Å²) < 4.78 is 16.3. The van der Waals surface area contributed by atoms with Gasteiger partial charge in [0.25, 0.3) is 0 Å². The fourth-order valence-electron chi connectivity index (χ4n) is 3.56. The Labute approximate surface area is 220 Å². The number of morpholine rings is 1. The third-order valence-corrected chi connectivity index (χ3v) is 7.13. The molecule has 2 aromatic carbocycles. The number of nitrogens with one attached hydrogen (secondary N) is 1. The van der Waals surface area contributed by atoms with Gasteiger partial charge in [-0.05, 0) is 55.8 Å². The monoisotopic (exact) mass is 540 g/mol. The van der Waals surface area contributed by atoms with Gasteiger partial charge in [0.05, 0.1) is 35.6 Å². The first kappa shape index (κ1) is 27.6. The summed E-state index contributed by atoms with van der Waals surface area (Å²) in [5, 5.41) is 4.05. The molecule has 1 unspecified atom stereocenters. The predicted molar refractivity (Wildman–Crippen MR) is 138 cm³/mol. The summed E-state index contributed by atoms with van der Waals surface area (Å²) in [4.78, 5) is 27.3. The number of hydrogen-bond acceptors (Lipinski definition) is 7. The number of carbonyl (C=O) groups excluding carboxylic acids is 2. The van der Waals surface area contributed by atoms with E-state index in [1.165, 1.54) is 18.9 Å². The van der Waals surface area contributed by atoms with Crippen molar-refractivity contribution < 1.29 is 23.8 Å². The van der Waals surface area contributed by atoms with Gasteiger partial charge in [-0.2, -0.15) is 0 Å². The second-order valence-electron chi connectivity index (χ2n) is 8.64. The highest BCUT2D eigenvalue weighted by molar-refractivity contribution is 8.00. The molecule has 1 saturated heterocycles. The minimum absolute atomic E-state index is 0.0626. The van der Waals surface area contributed by atoms with E-state index in [1.54, 1.807) is 32.0 Å². The summed E-state index contributed by atoms with van der Waals surface area (Å²) in [5.41, 5.74) is 0.00725. The molecule has 190 valence electrons. The van der Waals surface area contributed by atoms with E-state index in [0.29, 0.717) is 28.9 Å². The standard InChI is InChI=1S/C25H30Cl2N2O5S/c1-25(2,24(31)32-3)34-18-5-7-20(8-6-18)35-16-23(30)28-13-19-15-29(10-11-33-19)14-17-4-9-21(26)22(27)12-17/h4-9,12,19H,10-11,13-16H2,1-3H3,(H,28,30). The van der Waals surface area contributed by atoms with Crippen LogP contribution in [-0.2, 0) is 25.6 Å². The van der Waals surface area contributed by atoms with Crippen LogP contribution in [0.3, 0.4) is 0 Å². The van der Waals surface area contributed by atoms with Crippen LogP contribution in [0.15, 0.2) is 47.4 Å². The molecule has 1 aliphatic rings. The molecule has 0 radical (unpaired) electrons. The summed E-state index contributed by atoms with van der Waals surface area (Å²) in [6.07, 6.45) is -0.0740. The smallest absolute Gasteiger partial charge is 0.349 e. The highest BCUT2D eigenvalue weighted by Gasteiger charge is 2.31. The molecule has 1 amide bonds. The summed E-state index contributed by atoms with van der Waals surface area (Å²) in [5.74, 6) is 0.321. The largest absolute Gasteiger partial charge is 0.476 e. The van der Waals surface area contributed by atoms with Gasteiger partial charge < -0.3 is 19.5 Å². The predicted octanol–water partition coefficient (Wildman–Crippen LogP) is 4.43. The highest BCUT2D eigenvalue weighted by Crippen LogP contribution is 2.25. The van der Waals surface area contributed by atoms with Crippen LogP contribution in [0.1, 0.15) is 19.4 Å². The van der Waals surface area contributed by atoms with Crippen molar-refractivity contribution in [1.29, 1.82) is 0 Å². The molecule has 0 saturated carbocycles. The van der Waals surface area contributed by atoms with Crippen LogP contribution in [0.4, 0.5) is 0 Å². The first-order valence-electron chi connectivity index (χ1n) is 11.2. The van der Waals surface area contributed by atoms with E-state index in [9.17, 15) is 9.59 Å². The molecule has 3 rings (SSSR count). The molecule has 0 spiro atoms. The average Bonchev–Trinajstić information content (AvgIpc) is 2.84. The van der Waals surface area contributed by atoms with Crippen LogP contribution in [0, 0.1) is 0 Å². The Bertz CT molecular complexity index is 1020. The van der Waals surface area contributed by atoms with Crippen LogP contribution >= 0.6 is 35.0 Å². The van der Waals surface area contributed by atoms with Crippen molar-refractivity contribution in [3.8, 4) is 5.75 Å². The number of amides is 1. The fourth-order valence-corrected chi connectivity index (χ4v) is 4.61. The van der Waals surface area contributed by atoms with Crippen molar-refractivity contribution in [1.82, 2.24) is 10.2 Å². The third kappa shape index (κ3) is 8.58. The Morgan fingerprint density at radius 1 is 1.17 bits per heavy atom. The number of ether oxygens (including phenoxy) is 3. The Morgan fingerprint density at radius 3 is 2.60 bits per heavy atom. The van der Waals surface area contributed by atoms with Gasteiger partial charge >= 0.3 is 5.97 Å². The number of carbonyl (C=O) groups is 2. The van der Waals surface area contributed by atoms with E-state index in [1.807, 2.05) is 24.3 Å². The van der Waals surface area contributed by atoms with Crippen molar-refractivity contribution in [2.45, 2.75) is 37.0 Å². The zero-order chi connectivity index (χ0) is 25.4. The van der Waals surface area contributed by atoms with Crippen molar-refractivity contribution in [3.05, 3.63) is 58.1 Å². The van der Waals surface area contributed by atoms with Crippen LogP contribution in [0.5, 0.6) is 5.75 Å². The summed E-state index contributed by atoms with van der Waals surface area (Å²) >= 11 is 13.5. The number of methoxy groups -OCH3 is 1. The quantitative estimate of drug-likeness (QED) is 0.352. The molecule has 1 atom stereocenters. The van der Waals surface area contributed by atoms with Gasteiger partial charge in [0.2, 0.25) is 5.91 Å². The molecule has 0 aromatic heterocycles. The summed E-state index contributed by atoms with van der Waals surface area (Å²) in [6.45, 7) is 6.64. The Hall–Kier alpha value is -1.97. The molecule has 7 nitrogen and oxygen atoms in total. The lowest BCUT2D eigenvalue weighted by atomic mass is 10.1. The molecule has 1 fully saturated rings. The maximum absolute atomic E-state index is 12.4. The number of nitrogens with zero attached hydrogens (tertiary/aromatic N) is 1. The molecule has 1 N–H and O–H groups in total. The minimum Gasteiger partial charge on any atom is -0.476 e. The molecule has 0 bridgehead atoms. The van der Waals surface area contributed by atoms with Crippen molar-refractivity contribution in [3.63, 3.8) is 0 Å². The normalized spacial score (nSPS) is 16.5. The minimum atomic E-state index is -1.08. The van der Waals surface area contributed by atoms with Gasteiger partial charge in [0.1, 0.15) is 5.75 Å². The molecule has 1 heterocycles. The van der Waals surface area contributed by atoms with Crippen molar-refractivity contribution >= 4 is 46.8 Å². The zero-order valence-electron chi connectivity index (χ0n) is 20.0. The number of rotatable bonds is 10. The van der Waals surface area contributed by atoms with E-state index in [2.05, 4.69) is 10.2 Å². The number of benzene rings is 2. The SMILES string of the molecule is COC(=O)C(C)(C)Oc1ccc(SCC(=O)NCC2CN(Cc3ccc(Cl)c(Cl)c3)CCO2)cc1. The first-order valence-corrected chi connectivity index (χ1v) is 13.0. The second-order valence-corrected chi connectivity index (χ2v) is 10.5. The zero-order valence-corrected chi connectivity index (χ0v) is 22.3. The summed E-state index contributed by atoms with van der Waals surface area (Å²) in [6, 6.07) is 12.9.